The maximum absolute atomic E-state index is 13.0. The van der Waals surface area contributed by atoms with Crippen molar-refractivity contribution in [3.05, 3.63) is 47.3 Å². The van der Waals surface area contributed by atoms with Crippen LogP contribution in [0.5, 0.6) is 0 Å². The van der Waals surface area contributed by atoms with E-state index >= 15 is 0 Å². The fourth-order valence-electron chi connectivity index (χ4n) is 2.70. The summed E-state index contributed by atoms with van der Waals surface area (Å²) < 4.78 is 52.9. The van der Waals surface area contributed by atoms with Crippen LogP contribution in [0.3, 0.4) is 0 Å². The molecule has 1 aliphatic rings. The Hall–Kier alpha value is -2.91. The molecule has 0 spiro atoms. The van der Waals surface area contributed by atoms with Crippen molar-refractivity contribution in [3.63, 3.8) is 0 Å². The van der Waals surface area contributed by atoms with Crippen LogP contribution in [-0.4, -0.2) is 39.5 Å². The summed E-state index contributed by atoms with van der Waals surface area (Å²) in [5, 5.41) is 14.9. The zero-order valence-electron chi connectivity index (χ0n) is 13.8. The van der Waals surface area contributed by atoms with Crippen molar-refractivity contribution in [2.75, 3.05) is 6.67 Å². The molecule has 1 amide bonds. The Labute approximate surface area is 150 Å². The lowest BCUT2D eigenvalue weighted by Gasteiger charge is -2.13. The Morgan fingerprint density at radius 3 is 2.59 bits per heavy atom. The summed E-state index contributed by atoms with van der Waals surface area (Å²) in [5.41, 5.74) is -0.317. The topological polar surface area (TPSA) is 84.2 Å². The molecule has 1 unspecified atom stereocenters. The number of hydrogen-bond acceptors (Lipinski definition) is 3. The number of halogens is 4. The number of hydrogen-bond donors (Lipinski definition) is 2. The molecule has 1 aromatic carbocycles. The molecule has 0 saturated heterocycles. The lowest BCUT2D eigenvalue weighted by atomic mass is 10.1. The second-order valence-corrected chi connectivity index (χ2v) is 6.20. The van der Waals surface area contributed by atoms with E-state index < -0.39 is 36.3 Å². The molecule has 1 saturated carbocycles. The van der Waals surface area contributed by atoms with Crippen LogP contribution in [0, 0.1) is 0 Å². The average molecular weight is 385 g/mol. The molecule has 2 N–H and O–H groups in total. The van der Waals surface area contributed by atoms with Crippen LogP contribution in [0.25, 0.3) is 5.69 Å². The van der Waals surface area contributed by atoms with Crippen molar-refractivity contribution < 1.29 is 32.3 Å². The monoisotopic (exact) mass is 385 g/mol. The molecule has 144 valence electrons. The van der Waals surface area contributed by atoms with E-state index in [2.05, 4.69) is 10.4 Å². The van der Waals surface area contributed by atoms with E-state index in [1.54, 1.807) is 0 Å². The zero-order chi connectivity index (χ0) is 19.8. The Morgan fingerprint density at radius 2 is 2.04 bits per heavy atom. The van der Waals surface area contributed by atoms with Crippen molar-refractivity contribution in [2.45, 2.75) is 31.0 Å². The Balaban J connectivity index is 1.98. The molecule has 1 aliphatic carbocycles. The van der Waals surface area contributed by atoms with Gasteiger partial charge in [0.15, 0.2) is 6.04 Å². The first-order valence-electron chi connectivity index (χ1n) is 8.07. The van der Waals surface area contributed by atoms with E-state index in [1.165, 1.54) is 16.8 Å². The minimum Gasteiger partial charge on any atom is -0.480 e. The van der Waals surface area contributed by atoms with E-state index in [9.17, 15) is 27.2 Å². The molecule has 1 atom stereocenters. The SMILES string of the molecule is O=C(NC(CF)C(=O)O)c1cnn(-c2cccc(C(F)(F)F)c2)c1C1CC1. The van der Waals surface area contributed by atoms with Crippen LogP contribution in [0.15, 0.2) is 30.5 Å². The Bertz CT molecular complexity index is 875. The molecule has 6 nitrogen and oxygen atoms in total. The van der Waals surface area contributed by atoms with Crippen molar-refractivity contribution in [2.24, 2.45) is 0 Å². The quantitative estimate of drug-likeness (QED) is 0.749. The van der Waals surface area contributed by atoms with E-state index in [0.717, 1.165) is 31.2 Å². The Kier molecular flexibility index (Phi) is 4.90. The first-order valence-corrected chi connectivity index (χ1v) is 8.07. The van der Waals surface area contributed by atoms with Gasteiger partial charge in [-0.25, -0.2) is 13.9 Å². The number of nitrogens with zero attached hydrogens (tertiary/aromatic N) is 2. The predicted octanol–water partition coefficient (Wildman–Crippen LogP) is 2.92. The fraction of sp³-hybridized carbons (Fsp3) is 0.353. The standard InChI is InChI=1S/C17H15F4N3O3/c18-7-13(16(26)27)23-15(25)12-8-22-24(14(12)9-4-5-9)11-3-1-2-10(6-11)17(19,20)21/h1-3,6,8-9,13H,4-5,7H2,(H,23,25)(H,26,27). The molecule has 10 heteroatoms. The van der Waals surface area contributed by atoms with E-state index in [4.69, 9.17) is 5.11 Å². The summed E-state index contributed by atoms with van der Waals surface area (Å²) in [6.45, 7) is -1.29. The van der Waals surface area contributed by atoms with Crippen molar-refractivity contribution in [1.82, 2.24) is 15.1 Å². The summed E-state index contributed by atoms with van der Waals surface area (Å²) >= 11 is 0. The highest BCUT2D eigenvalue weighted by atomic mass is 19.4. The maximum atomic E-state index is 13.0. The largest absolute Gasteiger partial charge is 0.480 e. The summed E-state index contributed by atoms with van der Waals surface area (Å²) in [6, 6.07) is 2.80. The minimum atomic E-state index is -4.53. The molecule has 1 aromatic heterocycles. The highest BCUT2D eigenvalue weighted by Crippen LogP contribution is 2.42. The number of carbonyl (C=O) groups excluding carboxylic acids is 1. The molecule has 0 radical (unpaired) electrons. The lowest BCUT2D eigenvalue weighted by Crippen LogP contribution is -2.42. The van der Waals surface area contributed by atoms with Crippen molar-refractivity contribution >= 4 is 11.9 Å². The number of benzene rings is 1. The minimum absolute atomic E-state index is 0.0228. The molecule has 1 heterocycles. The molecule has 0 bridgehead atoms. The zero-order valence-corrected chi connectivity index (χ0v) is 13.8. The molecule has 27 heavy (non-hydrogen) atoms. The maximum Gasteiger partial charge on any atom is 0.416 e. The summed E-state index contributed by atoms with van der Waals surface area (Å²) in [6.07, 6.45) is -1.94. The third kappa shape index (κ3) is 3.93. The van der Waals surface area contributed by atoms with Crippen molar-refractivity contribution in [3.8, 4) is 5.69 Å². The van der Waals surface area contributed by atoms with Gasteiger partial charge in [-0.3, -0.25) is 4.79 Å². The number of alkyl halides is 4. The third-order valence-corrected chi connectivity index (χ3v) is 4.19. The number of carboxylic acid groups (broad SMARTS) is 1. The second kappa shape index (κ2) is 7.01. The van der Waals surface area contributed by atoms with Gasteiger partial charge >= 0.3 is 12.1 Å². The molecule has 1 fully saturated rings. The number of carbonyl (C=O) groups is 2. The third-order valence-electron chi connectivity index (χ3n) is 4.19. The van der Waals surface area contributed by atoms with Gasteiger partial charge < -0.3 is 10.4 Å². The van der Waals surface area contributed by atoms with Gasteiger partial charge in [-0.1, -0.05) is 6.07 Å². The van der Waals surface area contributed by atoms with Crippen LogP contribution in [-0.2, 0) is 11.0 Å². The van der Waals surface area contributed by atoms with Gasteiger partial charge in [0.2, 0.25) is 0 Å². The smallest absolute Gasteiger partial charge is 0.416 e. The number of nitrogens with one attached hydrogen (secondary N) is 1. The van der Waals surface area contributed by atoms with Crippen LogP contribution >= 0.6 is 0 Å². The number of carboxylic acids is 1. The van der Waals surface area contributed by atoms with E-state index in [0.29, 0.717) is 5.69 Å². The molecular weight excluding hydrogens is 370 g/mol. The fourth-order valence-corrected chi connectivity index (χ4v) is 2.70. The predicted molar refractivity (Wildman–Crippen MR) is 85.4 cm³/mol. The van der Waals surface area contributed by atoms with Gasteiger partial charge in [-0.15, -0.1) is 0 Å². The van der Waals surface area contributed by atoms with Crippen LogP contribution in [0.2, 0.25) is 0 Å². The highest BCUT2D eigenvalue weighted by Gasteiger charge is 2.35. The average Bonchev–Trinajstić information content (AvgIpc) is 3.36. The van der Waals surface area contributed by atoms with Gasteiger partial charge in [0.05, 0.1) is 28.7 Å². The number of aliphatic carboxylic acids is 1. The molecule has 2 aromatic rings. The first kappa shape index (κ1) is 18.9. The van der Waals surface area contributed by atoms with E-state index in [-0.39, 0.29) is 17.2 Å². The summed E-state index contributed by atoms with van der Waals surface area (Å²) in [5.74, 6) is -2.44. The lowest BCUT2D eigenvalue weighted by molar-refractivity contribution is -0.139. The van der Waals surface area contributed by atoms with Gasteiger partial charge in [0.1, 0.15) is 6.67 Å². The summed E-state index contributed by atoms with van der Waals surface area (Å²) in [4.78, 5) is 23.3. The number of aromatic nitrogens is 2. The van der Waals surface area contributed by atoms with Gasteiger partial charge in [0, 0.05) is 5.92 Å². The van der Waals surface area contributed by atoms with Crippen LogP contribution in [0.4, 0.5) is 17.6 Å². The van der Waals surface area contributed by atoms with Gasteiger partial charge in [-0.05, 0) is 31.0 Å². The number of amides is 1. The second-order valence-electron chi connectivity index (χ2n) is 6.20. The first-order chi connectivity index (χ1) is 12.7. The van der Waals surface area contributed by atoms with Gasteiger partial charge in [0.25, 0.3) is 5.91 Å². The van der Waals surface area contributed by atoms with Crippen LogP contribution in [0.1, 0.15) is 40.4 Å². The molecule has 0 aliphatic heterocycles. The van der Waals surface area contributed by atoms with E-state index in [1.807, 2.05) is 0 Å². The van der Waals surface area contributed by atoms with Crippen LogP contribution < -0.4 is 5.32 Å². The Morgan fingerprint density at radius 1 is 1.33 bits per heavy atom. The molecular formula is C17H15F4N3O3. The van der Waals surface area contributed by atoms with Crippen molar-refractivity contribution in [1.29, 1.82) is 0 Å². The summed E-state index contributed by atoms with van der Waals surface area (Å²) in [7, 11) is 0. The normalized spacial score (nSPS) is 15.4. The van der Waals surface area contributed by atoms with Gasteiger partial charge in [-0.2, -0.15) is 18.3 Å². The highest BCUT2D eigenvalue weighted by molar-refractivity contribution is 5.97. The molecule has 3 rings (SSSR count). The number of rotatable bonds is 6.